The molecule has 0 bridgehead atoms. The van der Waals surface area contributed by atoms with E-state index in [2.05, 4.69) is 13.8 Å². The minimum absolute atomic E-state index is 0.116. The summed E-state index contributed by atoms with van der Waals surface area (Å²) in [4.78, 5) is 13.9. The largest absolute Gasteiger partial charge is 0.343 e. The molecule has 0 saturated carbocycles. The summed E-state index contributed by atoms with van der Waals surface area (Å²) in [5.41, 5.74) is 0.804. The summed E-state index contributed by atoms with van der Waals surface area (Å²) in [5, 5.41) is 0. The highest BCUT2D eigenvalue weighted by molar-refractivity contribution is 5.76. The van der Waals surface area contributed by atoms with Gasteiger partial charge in [-0.15, -0.1) is 0 Å². The van der Waals surface area contributed by atoms with Crippen LogP contribution in [-0.2, 0) is 4.79 Å². The first kappa shape index (κ1) is 14.0. The topological polar surface area (TPSA) is 20.3 Å². The molecule has 1 heterocycles. The van der Waals surface area contributed by atoms with E-state index in [1.807, 2.05) is 17.0 Å². The molecule has 104 valence electrons. The zero-order valence-electron chi connectivity index (χ0n) is 11.7. The second-order valence-electron chi connectivity index (χ2n) is 5.77. The van der Waals surface area contributed by atoms with Crippen LogP contribution in [0.3, 0.4) is 0 Å². The molecular formula is C16H22FNO. The van der Waals surface area contributed by atoms with E-state index in [-0.39, 0.29) is 17.6 Å². The van der Waals surface area contributed by atoms with Gasteiger partial charge in [0.05, 0.1) is 0 Å². The third-order valence-corrected chi connectivity index (χ3v) is 3.78. The fourth-order valence-electron chi connectivity index (χ4n) is 2.72. The van der Waals surface area contributed by atoms with E-state index in [1.54, 1.807) is 6.07 Å². The van der Waals surface area contributed by atoms with Crippen molar-refractivity contribution in [1.82, 2.24) is 4.90 Å². The Labute approximate surface area is 114 Å². The number of halogens is 1. The van der Waals surface area contributed by atoms with Crippen LogP contribution >= 0.6 is 0 Å². The lowest BCUT2D eigenvalue weighted by atomic mass is 9.89. The number of rotatable bonds is 3. The third kappa shape index (κ3) is 3.55. The quantitative estimate of drug-likeness (QED) is 0.816. The molecule has 0 aliphatic carbocycles. The van der Waals surface area contributed by atoms with Crippen molar-refractivity contribution in [2.45, 2.75) is 39.0 Å². The summed E-state index contributed by atoms with van der Waals surface area (Å²) in [7, 11) is 0. The Balaban J connectivity index is 1.93. The lowest BCUT2D eigenvalue weighted by Gasteiger charge is -2.32. The van der Waals surface area contributed by atoms with Crippen molar-refractivity contribution in [2.75, 3.05) is 13.1 Å². The highest BCUT2D eigenvalue weighted by Gasteiger charge is 2.25. The van der Waals surface area contributed by atoms with Gasteiger partial charge in [-0.2, -0.15) is 0 Å². The van der Waals surface area contributed by atoms with Crippen LogP contribution < -0.4 is 0 Å². The number of hydrogen-bond donors (Lipinski definition) is 0. The Morgan fingerprint density at radius 2 is 1.95 bits per heavy atom. The van der Waals surface area contributed by atoms with E-state index < -0.39 is 0 Å². The van der Waals surface area contributed by atoms with E-state index in [4.69, 9.17) is 0 Å². The Bertz CT molecular complexity index is 436. The predicted octanol–water partition coefficient (Wildman–Crippen LogP) is 3.58. The monoisotopic (exact) mass is 263 g/mol. The normalized spacial score (nSPS) is 16.9. The molecule has 1 amide bonds. The standard InChI is InChI=1S/C16H22FNO/c1-12(2)11-16(19)18-9-7-13(8-10-18)14-5-3-4-6-15(14)17/h3-6,12-13H,7-11H2,1-2H3. The van der Waals surface area contributed by atoms with Crippen LogP contribution in [0, 0.1) is 11.7 Å². The Kier molecular flexibility index (Phi) is 4.56. The second-order valence-corrected chi connectivity index (χ2v) is 5.77. The Morgan fingerprint density at radius 1 is 1.32 bits per heavy atom. The van der Waals surface area contributed by atoms with Crippen molar-refractivity contribution in [3.8, 4) is 0 Å². The van der Waals surface area contributed by atoms with E-state index >= 15 is 0 Å². The number of amides is 1. The molecule has 19 heavy (non-hydrogen) atoms. The lowest BCUT2D eigenvalue weighted by Crippen LogP contribution is -2.38. The average molecular weight is 263 g/mol. The average Bonchev–Trinajstić information content (AvgIpc) is 2.39. The molecule has 1 aliphatic heterocycles. The summed E-state index contributed by atoms with van der Waals surface area (Å²) in [6.07, 6.45) is 2.35. The number of likely N-dealkylation sites (tertiary alicyclic amines) is 1. The van der Waals surface area contributed by atoms with Crippen molar-refractivity contribution in [2.24, 2.45) is 5.92 Å². The molecule has 1 aliphatic rings. The number of carbonyl (C=O) groups excluding carboxylic acids is 1. The van der Waals surface area contributed by atoms with Crippen molar-refractivity contribution in [3.05, 3.63) is 35.6 Å². The molecule has 2 rings (SSSR count). The molecule has 1 aromatic rings. The maximum Gasteiger partial charge on any atom is 0.222 e. The maximum absolute atomic E-state index is 13.7. The van der Waals surface area contributed by atoms with Gasteiger partial charge in [-0.05, 0) is 36.3 Å². The second kappa shape index (κ2) is 6.18. The first-order chi connectivity index (χ1) is 9.08. The summed E-state index contributed by atoms with van der Waals surface area (Å²) in [6.45, 7) is 5.63. The number of hydrogen-bond acceptors (Lipinski definition) is 1. The zero-order valence-corrected chi connectivity index (χ0v) is 11.7. The van der Waals surface area contributed by atoms with Gasteiger partial charge in [0, 0.05) is 19.5 Å². The Hall–Kier alpha value is -1.38. The smallest absolute Gasteiger partial charge is 0.222 e. The highest BCUT2D eigenvalue weighted by Crippen LogP contribution is 2.30. The fraction of sp³-hybridized carbons (Fsp3) is 0.562. The molecule has 1 fully saturated rings. The molecule has 0 atom stereocenters. The molecule has 1 aromatic carbocycles. The van der Waals surface area contributed by atoms with Crippen LogP contribution in [0.15, 0.2) is 24.3 Å². The number of carbonyl (C=O) groups is 1. The van der Waals surface area contributed by atoms with E-state index in [9.17, 15) is 9.18 Å². The van der Waals surface area contributed by atoms with E-state index in [0.29, 0.717) is 12.3 Å². The number of piperidine rings is 1. The molecular weight excluding hydrogens is 241 g/mol. The zero-order chi connectivity index (χ0) is 13.8. The van der Waals surface area contributed by atoms with Crippen LogP contribution in [0.25, 0.3) is 0 Å². The summed E-state index contributed by atoms with van der Waals surface area (Å²) in [6, 6.07) is 6.99. The van der Waals surface area contributed by atoms with Crippen LogP contribution in [-0.4, -0.2) is 23.9 Å². The SMILES string of the molecule is CC(C)CC(=O)N1CCC(c2ccccc2F)CC1. The minimum atomic E-state index is -0.116. The van der Waals surface area contributed by atoms with Gasteiger partial charge in [-0.1, -0.05) is 32.0 Å². The van der Waals surface area contributed by atoms with E-state index in [0.717, 1.165) is 31.5 Å². The molecule has 0 radical (unpaired) electrons. The van der Waals surface area contributed by atoms with Gasteiger partial charge in [-0.3, -0.25) is 4.79 Å². The summed E-state index contributed by atoms with van der Waals surface area (Å²) >= 11 is 0. The molecule has 0 N–H and O–H groups in total. The van der Waals surface area contributed by atoms with Crippen molar-refractivity contribution in [1.29, 1.82) is 0 Å². The van der Waals surface area contributed by atoms with Gasteiger partial charge in [-0.25, -0.2) is 4.39 Å². The number of nitrogens with zero attached hydrogens (tertiary/aromatic N) is 1. The highest BCUT2D eigenvalue weighted by atomic mass is 19.1. The molecule has 0 unspecified atom stereocenters. The van der Waals surface area contributed by atoms with Crippen LogP contribution in [0.2, 0.25) is 0 Å². The molecule has 0 spiro atoms. The van der Waals surface area contributed by atoms with Gasteiger partial charge < -0.3 is 4.90 Å². The Morgan fingerprint density at radius 3 is 2.53 bits per heavy atom. The molecule has 1 saturated heterocycles. The molecule has 0 aromatic heterocycles. The predicted molar refractivity (Wildman–Crippen MR) is 74.4 cm³/mol. The van der Waals surface area contributed by atoms with Crippen molar-refractivity contribution < 1.29 is 9.18 Å². The van der Waals surface area contributed by atoms with Gasteiger partial charge in [0.15, 0.2) is 0 Å². The van der Waals surface area contributed by atoms with Crippen LogP contribution in [0.1, 0.15) is 44.6 Å². The summed E-state index contributed by atoms with van der Waals surface area (Å²) < 4.78 is 13.7. The fourth-order valence-corrected chi connectivity index (χ4v) is 2.72. The van der Waals surface area contributed by atoms with Gasteiger partial charge in [0.2, 0.25) is 5.91 Å². The lowest BCUT2D eigenvalue weighted by molar-refractivity contribution is -0.133. The van der Waals surface area contributed by atoms with Crippen LogP contribution in [0.4, 0.5) is 4.39 Å². The minimum Gasteiger partial charge on any atom is -0.343 e. The van der Waals surface area contributed by atoms with Crippen molar-refractivity contribution in [3.63, 3.8) is 0 Å². The van der Waals surface area contributed by atoms with Gasteiger partial charge >= 0.3 is 0 Å². The van der Waals surface area contributed by atoms with Gasteiger partial charge in [0.1, 0.15) is 5.82 Å². The maximum atomic E-state index is 13.7. The number of benzene rings is 1. The van der Waals surface area contributed by atoms with E-state index in [1.165, 1.54) is 6.07 Å². The third-order valence-electron chi connectivity index (χ3n) is 3.78. The van der Waals surface area contributed by atoms with Crippen LogP contribution in [0.5, 0.6) is 0 Å². The summed E-state index contributed by atoms with van der Waals surface area (Å²) in [5.74, 6) is 0.775. The van der Waals surface area contributed by atoms with Crippen molar-refractivity contribution >= 4 is 5.91 Å². The first-order valence-corrected chi connectivity index (χ1v) is 7.10. The van der Waals surface area contributed by atoms with Gasteiger partial charge in [0.25, 0.3) is 0 Å². The first-order valence-electron chi connectivity index (χ1n) is 7.10. The molecule has 2 nitrogen and oxygen atoms in total. The molecule has 3 heteroatoms.